The third kappa shape index (κ3) is 21.7. The van der Waals surface area contributed by atoms with Crippen LogP contribution in [0.4, 0.5) is 46.3 Å². The summed E-state index contributed by atoms with van der Waals surface area (Å²) in [5, 5.41) is 25.1. The van der Waals surface area contributed by atoms with Crippen molar-refractivity contribution in [3.8, 4) is 0 Å². The number of carbonyl (C=O) groups excluding carboxylic acids is 8. The average molecular weight is 1460 g/mol. The molecule has 0 aliphatic heterocycles. The number of amides is 3. The minimum Gasteiger partial charge on any atom is -0.397 e. The molecule has 0 unspecified atom stereocenters. The van der Waals surface area contributed by atoms with Crippen molar-refractivity contribution < 1.29 is 86.7 Å². The predicted octanol–water partition coefficient (Wildman–Crippen LogP) is 1.33. The molecule has 2 atom stereocenters. The number of H-pyrrole nitrogens is 1. The molecule has 0 bridgehead atoms. The lowest BCUT2D eigenvalue weighted by atomic mass is 9.82. The summed E-state index contributed by atoms with van der Waals surface area (Å²) in [5.41, 5.74) is 13.9. The zero-order chi connectivity index (χ0) is 74.4. The number of benzene rings is 4. The maximum Gasteiger partial charge on any atom is 0.296 e. The molecule has 36 nitrogen and oxygen atoms in total. The van der Waals surface area contributed by atoms with E-state index in [1.165, 1.54) is 68.8 Å². The molecular formula is C62H78N17O19S3. The van der Waals surface area contributed by atoms with Gasteiger partial charge in [0, 0.05) is 53.9 Å². The molecule has 1 radical (unpaired) electrons. The summed E-state index contributed by atoms with van der Waals surface area (Å²) in [5.74, 6) is -5.49. The molecular weight excluding hydrogens is 1380 g/mol. The number of fused-ring (bicyclic) bond motifs is 2. The quantitative estimate of drug-likeness (QED) is 0.0146. The van der Waals surface area contributed by atoms with Gasteiger partial charge in [0.15, 0.2) is 28.9 Å². The van der Waals surface area contributed by atoms with Crippen LogP contribution in [0.5, 0.6) is 0 Å². The predicted molar refractivity (Wildman–Crippen MR) is 365 cm³/mol. The number of hydrogen-bond acceptors (Lipinski definition) is 28. The second-order valence-electron chi connectivity index (χ2n) is 24.6. The molecule has 543 valence electrons. The molecule has 4 aromatic carbocycles. The number of hydrogen-bond donors (Lipinski definition) is 15. The molecule has 2 heterocycles. The molecule has 101 heavy (non-hydrogen) atoms. The van der Waals surface area contributed by atoms with Gasteiger partial charge in [-0.25, -0.2) is 10.7 Å². The summed E-state index contributed by atoms with van der Waals surface area (Å²) in [6.07, 6.45) is 4.06. The first-order valence-corrected chi connectivity index (χ1v) is 35.3. The Morgan fingerprint density at radius 2 is 1.23 bits per heavy atom. The van der Waals surface area contributed by atoms with Crippen LogP contribution in [0.15, 0.2) is 100 Å². The normalized spacial score (nSPS) is 13.3. The van der Waals surface area contributed by atoms with Gasteiger partial charge in [-0.3, -0.25) is 68.0 Å². The van der Waals surface area contributed by atoms with Gasteiger partial charge in [-0.05, 0) is 103 Å². The molecule has 0 fully saturated rings. The van der Waals surface area contributed by atoms with Gasteiger partial charge < -0.3 is 57.8 Å². The number of ether oxygens (including phenoxy) is 2. The molecule has 0 saturated heterocycles. The lowest BCUT2D eigenvalue weighted by molar-refractivity contribution is -0.132. The summed E-state index contributed by atoms with van der Waals surface area (Å²) >= 11 is 0. The van der Waals surface area contributed by atoms with Gasteiger partial charge in [0.25, 0.3) is 30.4 Å². The van der Waals surface area contributed by atoms with E-state index in [-0.39, 0.29) is 130 Å². The van der Waals surface area contributed by atoms with E-state index >= 15 is 0 Å². The first kappa shape index (κ1) is 78.7. The number of unbranched alkanes of at least 4 members (excludes halogenated alkanes) is 1. The van der Waals surface area contributed by atoms with E-state index < -0.39 is 131 Å². The van der Waals surface area contributed by atoms with Gasteiger partial charge in [0.2, 0.25) is 35.6 Å². The number of nitrogens with one attached hydrogen (secondary N) is 11. The lowest BCUT2D eigenvalue weighted by Crippen LogP contribution is -2.60. The Balaban J connectivity index is 0.853. The number of nitrogens with two attached hydrogens (primary N) is 2. The first-order valence-electron chi connectivity index (χ1n) is 30.9. The smallest absolute Gasteiger partial charge is 0.296 e. The molecule has 6 aromatic rings. The van der Waals surface area contributed by atoms with Crippen molar-refractivity contribution in [2.24, 2.45) is 5.73 Å². The summed E-state index contributed by atoms with van der Waals surface area (Å²) in [7, 11) is -15.0. The zero-order valence-corrected chi connectivity index (χ0v) is 57.9. The van der Waals surface area contributed by atoms with E-state index in [0.717, 1.165) is 30.3 Å². The van der Waals surface area contributed by atoms with Gasteiger partial charge in [-0.15, -0.1) is 0 Å². The zero-order valence-electron chi connectivity index (χ0n) is 55.5. The molecule has 1 aliphatic carbocycles. The fourth-order valence-corrected chi connectivity index (χ4v) is 11.6. The van der Waals surface area contributed by atoms with Crippen molar-refractivity contribution in [3.63, 3.8) is 0 Å². The maximum atomic E-state index is 13.9. The van der Waals surface area contributed by atoms with E-state index in [9.17, 15) is 77.3 Å². The molecule has 1 aliphatic rings. The van der Waals surface area contributed by atoms with E-state index in [0.29, 0.717) is 18.5 Å². The largest absolute Gasteiger partial charge is 0.397 e. The number of nitrogens with zero attached hydrogens (tertiary/aromatic N) is 4. The number of ketones is 5. The lowest BCUT2D eigenvalue weighted by Gasteiger charge is -2.31. The van der Waals surface area contributed by atoms with Crippen LogP contribution in [0.1, 0.15) is 98.3 Å². The highest BCUT2D eigenvalue weighted by Gasteiger charge is 2.39. The van der Waals surface area contributed by atoms with Crippen molar-refractivity contribution in [3.05, 3.63) is 113 Å². The minimum absolute atomic E-state index is 0.00564. The van der Waals surface area contributed by atoms with Crippen molar-refractivity contribution in [2.45, 2.75) is 111 Å². The topological polar surface area (TPSA) is 570 Å². The minimum atomic E-state index is -5.19. The number of nitrogen functional groups attached to an aromatic ring is 1. The number of aromatic nitrogens is 5. The Hall–Kier alpha value is -9.65. The van der Waals surface area contributed by atoms with Crippen LogP contribution in [-0.4, -0.2) is 198 Å². The molecule has 3 amide bonds. The summed E-state index contributed by atoms with van der Waals surface area (Å²) in [4.78, 5) is 122. The fourth-order valence-electron chi connectivity index (χ4n) is 9.80. The highest BCUT2D eigenvalue weighted by Crippen LogP contribution is 2.41. The molecule has 0 spiro atoms. The average Bonchev–Trinajstić information content (AvgIpc) is 0.847. The Morgan fingerprint density at radius 3 is 1.84 bits per heavy atom. The van der Waals surface area contributed by atoms with Gasteiger partial charge >= 0.3 is 0 Å². The SMILES string of the molecule is CC(C)(NCC(=O)C(C)(C)NCC(=O)C(C)(C)NC(=O)[C@@H]([NH])Cc1cnc[nH]1)C(=O)CN[C@@H](CCCCNC(=O)COCCOCCNc1nc(Nc2cccc(S(=O)(=O)O)c2)nc(Nc2ccc(Nc3cc(S(=O)(=O)O)c(N)c4c3C(=O)c3ccccc3C4=O)cc2S(=O)(=O)O)n1)C(N)=O. The Labute approximate surface area is 580 Å². The Bertz CT molecular complexity index is 4480. The van der Waals surface area contributed by atoms with Crippen molar-refractivity contribution in [1.82, 2.24) is 57.2 Å². The molecule has 39 heteroatoms. The summed E-state index contributed by atoms with van der Waals surface area (Å²) in [6.45, 7) is 8.27. The summed E-state index contributed by atoms with van der Waals surface area (Å²) < 4.78 is 116. The maximum absolute atomic E-state index is 13.9. The van der Waals surface area contributed by atoms with E-state index in [4.69, 9.17) is 26.7 Å². The van der Waals surface area contributed by atoms with Gasteiger partial charge in [0.1, 0.15) is 22.4 Å². The highest BCUT2D eigenvalue weighted by atomic mass is 32.2. The number of rotatable bonds is 40. The second-order valence-corrected chi connectivity index (χ2v) is 28.8. The van der Waals surface area contributed by atoms with Gasteiger partial charge in [0.05, 0.1) is 102 Å². The Morgan fingerprint density at radius 1 is 0.634 bits per heavy atom. The Kier molecular flexibility index (Phi) is 25.9. The van der Waals surface area contributed by atoms with E-state index in [2.05, 4.69) is 72.8 Å². The van der Waals surface area contributed by atoms with E-state index in [1.54, 1.807) is 27.7 Å². The van der Waals surface area contributed by atoms with Crippen molar-refractivity contribution >= 4 is 123 Å². The monoisotopic (exact) mass is 1460 g/mol. The van der Waals surface area contributed by atoms with Crippen molar-refractivity contribution in [2.75, 3.05) is 86.2 Å². The number of Topliss-reactive ketones (excluding diaryl/α,β-unsaturated/α-hetero) is 3. The van der Waals surface area contributed by atoms with Crippen LogP contribution in [-0.2, 0) is 75.0 Å². The fraction of sp³-hybridized carbons (Fsp3) is 0.387. The van der Waals surface area contributed by atoms with Crippen LogP contribution in [0, 0.1) is 0 Å². The molecule has 0 saturated carbocycles. The second kappa shape index (κ2) is 33.2. The standard InChI is InChI=1S/C62H78N17O19S3/c1-60(2,71-30-47(81)61(3,4)72-31-48(82)62(5,6)79-56(87)40(63)25-36-28-66-33-70-36)46(80)29-69-42(55(65)86)16-9-10-19-67-49(83)32-98-23-22-97-21-20-68-57-76-58(74-34-12-11-13-37(24-34)99(88,89)90)78-59(77-57)75-41-18-17-35(26-44(41)100(91,92)93)73-43-27-45(101(94,95)96)52(64)51-50(43)53(84)38-14-7-8-15-39(38)54(51)85/h7-8,11-15,17-18,24,26-28,33,40,42,63,69,71-73H,9-10,16,19-23,25,29-32,64H2,1-6H3,(H2,65,86)(H,66,70)(H,67,83)(H,79,87)(H,88,89,90)(H,91,92,93)(H,94,95,96)(H3,68,74,75,76,77,78)/t40-,42-/m0/s1. The van der Waals surface area contributed by atoms with Crippen LogP contribution >= 0.6 is 0 Å². The molecule has 2 aromatic heterocycles. The van der Waals surface area contributed by atoms with Crippen LogP contribution in [0.3, 0.4) is 0 Å². The third-order valence-electron chi connectivity index (χ3n) is 15.7. The van der Waals surface area contributed by atoms with Gasteiger partial charge in [-0.2, -0.15) is 40.2 Å². The number of imidazole rings is 1. The highest BCUT2D eigenvalue weighted by molar-refractivity contribution is 7.86. The molecule has 7 rings (SSSR count). The number of carbonyl (C=O) groups is 8. The van der Waals surface area contributed by atoms with Crippen molar-refractivity contribution in [1.29, 1.82) is 0 Å². The van der Waals surface area contributed by atoms with E-state index in [1.807, 2.05) is 0 Å². The number of anilines is 8. The third-order valence-corrected chi connectivity index (χ3v) is 18.4. The van der Waals surface area contributed by atoms with Crippen LogP contribution in [0.2, 0.25) is 0 Å². The van der Waals surface area contributed by atoms with Crippen LogP contribution in [0.25, 0.3) is 0 Å². The molecule has 18 N–H and O–H groups in total. The van der Waals surface area contributed by atoms with Gasteiger partial charge in [-0.1, -0.05) is 30.3 Å². The summed E-state index contributed by atoms with van der Waals surface area (Å²) in [6, 6.07) is 12.4. The first-order chi connectivity index (χ1) is 47.2. The number of primary amides is 1. The van der Waals surface area contributed by atoms with Crippen LogP contribution < -0.4 is 65.1 Å². The number of aromatic amines is 1.